The van der Waals surface area contributed by atoms with E-state index in [1.807, 2.05) is 6.92 Å². The molecule has 0 aromatic rings. The summed E-state index contributed by atoms with van der Waals surface area (Å²) in [5.41, 5.74) is 6.17. The highest BCUT2D eigenvalue weighted by atomic mass is 14.6. The lowest BCUT2D eigenvalue weighted by Crippen LogP contribution is -2.27. The van der Waals surface area contributed by atoms with Gasteiger partial charge >= 0.3 is 0 Å². The van der Waals surface area contributed by atoms with Crippen LogP contribution in [0.5, 0.6) is 0 Å². The van der Waals surface area contributed by atoms with Gasteiger partial charge in [0.15, 0.2) is 0 Å². The van der Waals surface area contributed by atoms with Crippen LogP contribution in [0.1, 0.15) is 39.5 Å². The average molecular weight is 165 g/mol. The zero-order valence-corrected chi connectivity index (χ0v) is 8.19. The molecule has 1 nitrogen and oxygen atoms in total. The topological polar surface area (TPSA) is 26.0 Å². The smallest absolute Gasteiger partial charge is 0.0157 e. The van der Waals surface area contributed by atoms with Crippen LogP contribution in [-0.2, 0) is 0 Å². The molecule has 1 saturated carbocycles. The van der Waals surface area contributed by atoms with Gasteiger partial charge in [0.25, 0.3) is 0 Å². The Kier molecular flexibility index (Phi) is 3.17. The van der Waals surface area contributed by atoms with E-state index in [4.69, 9.17) is 5.73 Å². The Morgan fingerprint density at radius 2 is 2.33 bits per heavy atom. The van der Waals surface area contributed by atoms with E-state index in [1.54, 1.807) is 0 Å². The molecule has 0 amide bonds. The van der Waals surface area contributed by atoms with Gasteiger partial charge in [-0.25, -0.2) is 0 Å². The first kappa shape index (κ1) is 9.61. The predicted molar refractivity (Wildman–Crippen MR) is 52.6 cm³/mol. The van der Waals surface area contributed by atoms with E-state index in [9.17, 15) is 0 Å². The molecule has 2 unspecified atom stereocenters. The average Bonchev–Trinajstić information content (AvgIpc) is 2.45. The Bertz CT molecular complexity index is 199. The molecule has 1 aliphatic rings. The molecule has 0 aromatic heterocycles. The van der Waals surface area contributed by atoms with Gasteiger partial charge in [-0.3, -0.25) is 0 Å². The number of hydrogen-bond acceptors (Lipinski definition) is 1. The minimum Gasteiger partial charge on any atom is -0.330 e. The van der Waals surface area contributed by atoms with Crippen molar-refractivity contribution in [1.29, 1.82) is 0 Å². The van der Waals surface area contributed by atoms with Crippen molar-refractivity contribution in [1.82, 2.24) is 0 Å². The lowest BCUT2D eigenvalue weighted by atomic mass is 9.82. The Hall–Kier alpha value is -0.480. The van der Waals surface area contributed by atoms with Gasteiger partial charge in [-0.05, 0) is 37.6 Å². The number of hydrogen-bond donors (Lipinski definition) is 1. The second-order valence-corrected chi connectivity index (χ2v) is 4.16. The summed E-state index contributed by atoms with van der Waals surface area (Å²) in [6, 6.07) is 0. The van der Waals surface area contributed by atoms with Crippen molar-refractivity contribution in [3.8, 4) is 11.8 Å². The van der Waals surface area contributed by atoms with Crippen LogP contribution in [0.25, 0.3) is 0 Å². The Labute approximate surface area is 75.7 Å². The molecule has 0 bridgehead atoms. The first-order valence-electron chi connectivity index (χ1n) is 4.82. The third-order valence-electron chi connectivity index (χ3n) is 3.02. The maximum Gasteiger partial charge on any atom is 0.0157 e. The van der Waals surface area contributed by atoms with Crippen LogP contribution in [0.4, 0.5) is 0 Å². The largest absolute Gasteiger partial charge is 0.330 e. The van der Waals surface area contributed by atoms with Crippen LogP contribution in [0.3, 0.4) is 0 Å². The number of rotatable bonds is 2. The lowest BCUT2D eigenvalue weighted by molar-refractivity contribution is 0.307. The van der Waals surface area contributed by atoms with E-state index < -0.39 is 0 Å². The quantitative estimate of drug-likeness (QED) is 0.623. The van der Waals surface area contributed by atoms with Gasteiger partial charge in [0.2, 0.25) is 0 Å². The summed E-state index contributed by atoms with van der Waals surface area (Å²) >= 11 is 0. The summed E-state index contributed by atoms with van der Waals surface area (Å²) in [5, 5.41) is 0. The zero-order valence-electron chi connectivity index (χ0n) is 8.19. The van der Waals surface area contributed by atoms with Gasteiger partial charge in [-0.15, -0.1) is 11.8 Å². The molecule has 2 atom stereocenters. The van der Waals surface area contributed by atoms with Crippen LogP contribution in [-0.4, -0.2) is 6.54 Å². The standard InChI is InChI=1S/C11H19N/c1-3-4-6-11(9-12)7-5-10(2)8-11/h10H,5-9,12H2,1-2H3. The van der Waals surface area contributed by atoms with Crippen molar-refractivity contribution in [2.24, 2.45) is 17.1 Å². The van der Waals surface area contributed by atoms with Crippen molar-refractivity contribution in [3.63, 3.8) is 0 Å². The molecule has 1 rings (SSSR count). The molecule has 0 radical (unpaired) electrons. The van der Waals surface area contributed by atoms with E-state index in [0.717, 1.165) is 18.9 Å². The van der Waals surface area contributed by atoms with Crippen molar-refractivity contribution < 1.29 is 0 Å². The minimum atomic E-state index is 0.364. The SMILES string of the molecule is CC#CCC1(CN)CCC(C)C1. The fourth-order valence-electron chi connectivity index (χ4n) is 2.19. The third-order valence-corrected chi connectivity index (χ3v) is 3.02. The van der Waals surface area contributed by atoms with E-state index >= 15 is 0 Å². The maximum atomic E-state index is 5.80. The van der Waals surface area contributed by atoms with Crippen molar-refractivity contribution in [2.45, 2.75) is 39.5 Å². The van der Waals surface area contributed by atoms with Crippen LogP contribution in [0.2, 0.25) is 0 Å². The predicted octanol–water partition coefficient (Wildman–Crippen LogP) is 2.16. The Morgan fingerprint density at radius 3 is 2.75 bits per heavy atom. The van der Waals surface area contributed by atoms with Crippen LogP contribution in [0, 0.1) is 23.2 Å². The summed E-state index contributed by atoms with van der Waals surface area (Å²) in [6.07, 6.45) is 4.89. The van der Waals surface area contributed by atoms with E-state index in [0.29, 0.717) is 5.41 Å². The van der Waals surface area contributed by atoms with Gasteiger partial charge in [0.05, 0.1) is 0 Å². The first-order chi connectivity index (χ1) is 5.72. The van der Waals surface area contributed by atoms with Crippen LogP contribution in [0.15, 0.2) is 0 Å². The molecule has 0 saturated heterocycles. The molecule has 0 heterocycles. The lowest BCUT2D eigenvalue weighted by Gasteiger charge is -2.24. The third kappa shape index (κ3) is 2.01. The van der Waals surface area contributed by atoms with Crippen molar-refractivity contribution in [3.05, 3.63) is 0 Å². The molecular weight excluding hydrogens is 146 g/mol. The summed E-state index contributed by atoms with van der Waals surface area (Å²) in [5.74, 6) is 6.99. The monoisotopic (exact) mass is 165 g/mol. The summed E-state index contributed by atoms with van der Waals surface area (Å²) < 4.78 is 0. The molecule has 0 aromatic carbocycles. The maximum absolute atomic E-state index is 5.80. The van der Waals surface area contributed by atoms with Gasteiger partial charge in [0.1, 0.15) is 0 Å². The molecule has 0 spiro atoms. The van der Waals surface area contributed by atoms with Crippen molar-refractivity contribution in [2.75, 3.05) is 6.54 Å². The Morgan fingerprint density at radius 1 is 1.58 bits per heavy atom. The van der Waals surface area contributed by atoms with E-state index in [1.165, 1.54) is 19.3 Å². The van der Waals surface area contributed by atoms with Crippen LogP contribution >= 0.6 is 0 Å². The van der Waals surface area contributed by atoms with Gasteiger partial charge < -0.3 is 5.73 Å². The summed E-state index contributed by atoms with van der Waals surface area (Å²) in [6.45, 7) is 5.03. The van der Waals surface area contributed by atoms with Gasteiger partial charge in [-0.1, -0.05) is 13.3 Å². The molecule has 68 valence electrons. The molecular formula is C11H19N. The van der Waals surface area contributed by atoms with E-state index in [-0.39, 0.29) is 0 Å². The van der Waals surface area contributed by atoms with E-state index in [2.05, 4.69) is 18.8 Å². The molecule has 12 heavy (non-hydrogen) atoms. The molecule has 0 aliphatic heterocycles. The number of nitrogens with two attached hydrogens (primary N) is 1. The van der Waals surface area contributed by atoms with Crippen LogP contribution < -0.4 is 5.73 Å². The second kappa shape index (κ2) is 3.96. The molecule has 1 heteroatoms. The fourth-order valence-corrected chi connectivity index (χ4v) is 2.19. The molecule has 1 aliphatic carbocycles. The summed E-state index contributed by atoms with van der Waals surface area (Å²) in [7, 11) is 0. The first-order valence-corrected chi connectivity index (χ1v) is 4.82. The highest BCUT2D eigenvalue weighted by molar-refractivity contribution is 5.03. The Balaban J connectivity index is 2.56. The fraction of sp³-hybridized carbons (Fsp3) is 0.818. The van der Waals surface area contributed by atoms with Gasteiger partial charge in [-0.2, -0.15) is 0 Å². The van der Waals surface area contributed by atoms with Gasteiger partial charge in [0, 0.05) is 6.42 Å². The minimum absolute atomic E-state index is 0.364. The summed E-state index contributed by atoms with van der Waals surface area (Å²) in [4.78, 5) is 0. The zero-order chi connectivity index (χ0) is 9.03. The highest BCUT2D eigenvalue weighted by Gasteiger charge is 2.35. The van der Waals surface area contributed by atoms with Crippen molar-refractivity contribution >= 4 is 0 Å². The molecule has 1 fully saturated rings. The normalized spacial score (nSPS) is 34.4. The second-order valence-electron chi connectivity index (χ2n) is 4.16. The highest BCUT2D eigenvalue weighted by Crippen LogP contribution is 2.43. The molecule has 2 N–H and O–H groups in total.